The van der Waals surface area contributed by atoms with E-state index in [1.807, 2.05) is 6.92 Å². The second-order valence-corrected chi connectivity index (χ2v) is 4.40. The van der Waals surface area contributed by atoms with Gasteiger partial charge >= 0.3 is 0 Å². The first kappa shape index (κ1) is 16.4. The van der Waals surface area contributed by atoms with E-state index in [0.717, 1.165) is 32.4 Å². The Kier molecular flexibility index (Phi) is 8.30. The van der Waals surface area contributed by atoms with E-state index < -0.39 is 0 Å². The predicted molar refractivity (Wildman–Crippen MR) is 78.9 cm³/mol. The molecule has 0 bridgehead atoms. The fraction of sp³-hybridized carbons (Fsp3) is 0.643. The van der Waals surface area contributed by atoms with E-state index in [1.54, 1.807) is 6.20 Å². The highest BCUT2D eigenvalue weighted by molar-refractivity contribution is 5.92. The number of anilines is 1. The number of aromatic nitrogens is 2. The van der Waals surface area contributed by atoms with Gasteiger partial charge in [-0.2, -0.15) is 0 Å². The van der Waals surface area contributed by atoms with Crippen molar-refractivity contribution >= 4 is 11.7 Å². The van der Waals surface area contributed by atoms with Gasteiger partial charge in [-0.25, -0.2) is 4.98 Å². The zero-order valence-electron chi connectivity index (χ0n) is 12.3. The van der Waals surface area contributed by atoms with Crippen molar-refractivity contribution in [1.82, 2.24) is 15.3 Å². The van der Waals surface area contributed by atoms with Crippen molar-refractivity contribution in [2.24, 2.45) is 0 Å². The monoisotopic (exact) mass is 280 g/mol. The van der Waals surface area contributed by atoms with Crippen molar-refractivity contribution in [3.8, 4) is 0 Å². The first-order chi connectivity index (χ1) is 9.77. The molecule has 0 saturated heterocycles. The van der Waals surface area contributed by atoms with Gasteiger partial charge in [-0.1, -0.05) is 13.3 Å². The van der Waals surface area contributed by atoms with Crippen LogP contribution in [0.15, 0.2) is 12.4 Å². The zero-order valence-corrected chi connectivity index (χ0v) is 12.3. The molecular weight excluding hydrogens is 256 g/mol. The van der Waals surface area contributed by atoms with E-state index in [1.165, 1.54) is 6.20 Å². The topological polar surface area (TPSA) is 76.1 Å². The number of hydrogen-bond acceptors (Lipinski definition) is 5. The maximum absolute atomic E-state index is 11.9. The number of unbranched alkanes of at least 4 members (excludes halogenated alkanes) is 1. The van der Waals surface area contributed by atoms with Crippen LogP contribution in [0.4, 0.5) is 5.82 Å². The Bertz CT molecular complexity index is 399. The average molecular weight is 280 g/mol. The van der Waals surface area contributed by atoms with Gasteiger partial charge in [0.05, 0.1) is 12.4 Å². The Morgan fingerprint density at radius 2 is 2.05 bits per heavy atom. The molecule has 1 heterocycles. The Morgan fingerprint density at radius 3 is 2.80 bits per heavy atom. The summed E-state index contributed by atoms with van der Waals surface area (Å²) in [7, 11) is 0. The number of nitrogens with zero attached hydrogens (tertiary/aromatic N) is 2. The Morgan fingerprint density at radius 1 is 1.25 bits per heavy atom. The summed E-state index contributed by atoms with van der Waals surface area (Å²) in [5, 5.41) is 5.84. The Balaban J connectivity index is 2.23. The lowest BCUT2D eigenvalue weighted by molar-refractivity contribution is 0.0935. The first-order valence-corrected chi connectivity index (χ1v) is 7.19. The summed E-state index contributed by atoms with van der Waals surface area (Å²) in [5.41, 5.74) is 0.329. The highest BCUT2D eigenvalue weighted by Crippen LogP contribution is 2.01. The molecule has 0 saturated carbocycles. The summed E-state index contributed by atoms with van der Waals surface area (Å²) in [6.45, 7) is 6.88. The molecule has 20 heavy (non-hydrogen) atoms. The maximum Gasteiger partial charge on any atom is 0.271 e. The van der Waals surface area contributed by atoms with Crippen LogP contribution in [0.5, 0.6) is 0 Å². The fourth-order valence-corrected chi connectivity index (χ4v) is 1.56. The number of carbonyl (C=O) groups is 1. The molecule has 6 nitrogen and oxygen atoms in total. The molecule has 0 aliphatic heterocycles. The third-order valence-electron chi connectivity index (χ3n) is 2.62. The van der Waals surface area contributed by atoms with Crippen LogP contribution in [0.2, 0.25) is 0 Å². The molecule has 6 heteroatoms. The summed E-state index contributed by atoms with van der Waals surface area (Å²) >= 11 is 0. The summed E-state index contributed by atoms with van der Waals surface area (Å²) in [4.78, 5) is 20.0. The lowest BCUT2D eigenvalue weighted by atomic mass is 10.3. The normalized spacial score (nSPS) is 10.3. The third kappa shape index (κ3) is 6.47. The molecule has 0 spiro atoms. The van der Waals surface area contributed by atoms with Crippen LogP contribution in [0, 0.1) is 0 Å². The number of hydrogen-bond donors (Lipinski definition) is 2. The van der Waals surface area contributed by atoms with Crippen LogP contribution in [0.25, 0.3) is 0 Å². The third-order valence-corrected chi connectivity index (χ3v) is 2.62. The molecule has 0 atom stereocenters. The van der Waals surface area contributed by atoms with Gasteiger partial charge in [0.1, 0.15) is 11.5 Å². The van der Waals surface area contributed by atoms with E-state index in [-0.39, 0.29) is 5.91 Å². The fourth-order valence-electron chi connectivity index (χ4n) is 1.56. The van der Waals surface area contributed by atoms with Gasteiger partial charge in [-0.3, -0.25) is 9.78 Å². The van der Waals surface area contributed by atoms with Gasteiger partial charge in [0, 0.05) is 26.3 Å². The van der Waals surface area contributed by atoms with Crippen molar-refractivity contribution in [1.29, 1.82) is 0 Å². The van der Waals surface area contributed by atoms with Crippen molar-refractivity contribution in [3.05, 3.63) is 18.1 Å². The molecule has 1 aromatic heterocycles. The van der Waals surface area contributed by atoms with E-state index in [2.05, 4.69) is 27.5 Å². The van der Waals surface area contributed by atoms with Crippen molar-refractivity contribution < 1.29 is 9.53 Å². The standard InChI is InChI=1S/C14H24N4O2/c1-3-5-8-20-9-6-7-17-14(19)12-10-15-11-13(18-12)16-4-2/h10-11H,3-9H2,1-2H3,(H,16,18)(H,17,19). The van der Waals surface area contributed by atoms with E-state index in [0.29, 0.717) is 24.7 Å². The van der Waals surface area contributed by atoms with Gasteiger partial charge < -0.3 is 15.4 Å². The number of carbonyl (C=O) groups excluding carboxylic acids is 1. The summed E-state index contributed by atoms with van der Waals surface area (Å²) in [6.07, 6.45) is 6.09. The molecule has 1 rings (SSSR count). The molecule has 112 valence electrons. The quantitative estimate of drug-likeness (QED) is 0.640. The van der Waals surface area contributed by atoms with Crippen molar-refractivity contribution in [2.75, 3.05) is 31.6 Å². The first-order valence-electron chi connectivity index (χ1n) is 7.19. The Hall–Kier alpha value is -1.69. The molecule has 1 amide bonds. The van der Waals surface area contributed by atoms with Crippen LogP contribution < -0.4 is 10.6 Å². The predicted octanol–water partition coefficient (Wildman–Crippen LogP) is 1.84. The molecule has 0 aromatic carbocycles. The minimum Gasteiger partial charge on any atom is -0.381 e. The SMILES string of the molecule is CCCCOCCCNC(=O)c1cncc(NCC)n1. The van der Waals surface area contributed by atoms with Crippen molar-refractivity contribution in [2.45, 2.75) is 33.1 Å². The summed E-state index contributed by atoms with van der Waals surface area (Å²) in [6, 6.07) is 0. The van der Waals surface area contributed by atoms with Crippen LogP contribution in [0.1, 0.15) is 43.6 Å². The number of nitrogens with one attached hydrogen (secondary N) is 2. The highest BCUT2D eigenvalue weighted by atomic mass is 16.5. The molecule has 0 fully saturated rings. The molecule has 0 aliphatic carbocycles. The summed E-state index contributed by atoms with van der Waals surface area (Å²) in [5.74, 6) is 0.411. The average Bonchev–Trinajstić information content (AvgIpc) is 2.47. The van der Waals surface area contributed by atoms with Gasteiger partial charge in [0.25, 0.3) is 5.91 Å². The minimum atomic E-state index is -0.203. The minimum absolute atomic E-state index is 0.203. The zero-order chi connectivity index (χ0) is 14.6. The second-order valence-electron chi connectivity index (χ2n) is 4.40. The molecule has 0 aliphatic rings. The summed E-state index contributed by atoms with van der Waals surface area (Å²) < 4.78 is 5.42. The van der Waals surface area contributed by atoms with Gasteiger partial charge in [-0.15, -0.1) is 0 Å². The van der Waals surface area contributed by atoms with E-state index in [4.69, 9.17) is 4.74 Å². The van der Waals surface area contributed by atoms with Crippen molar-refractivity contribution in [3.63, 3.8) is 0 Å². The lowest BCUT2D eigenvalue weighted by Gasteiger charge is -2.07. The lowest BCUT2D eigenvalue weighted by Crippen LogP contribution is -2.26. The number of ether oxygens (including phenoxy) is 1. The van der Waals surface area contributed by atoms with Gasteiger partial charge in [-0.05, 0) is 19.8 Å². The van der Waals surface area contributed by atoms with Crippen LogP contribution in [0.3, 0.4) is 0 Å². The Labute approximate surface area is 120 Å². The van der Waals surface area contributed by atoms with Gasteiger partial charge in [0.15, 0.2) is 0 Å². The molecule has 1 aromatic rings. The smallest absolute Gasteiger partial charge is 0.271 e. The van der Waals surface area contributed by atoms with E-state index in [9.17, 15) is 4.79 Å². The van der Waals surface area contributed by atoms with Crippen LogP contribution in [-0.4, -0.2) is 42.2 Å². The largest absolute Gasteiger partial charge is 0.381 e. The maximum atomic E-state index is 11.9. The number of amides is 1. The highest BCUT2D eigenvalue weighted by Gasteiger charge is 2.07. The molecule has 2 N–H and O–H groups in total. The van der Waals surface area contributed by atoms with Crippen LogP contribution in [-0.2, 0) is 4.74 Å². The molecule has 0 radical (unpaired) electrons. The number of rotatable bonds is 10. The van der Waals surface area contributed by atoms with Crippen LogP contribution >= 0.6 is 0 Å². The molecule has 0 unspecified atom stereocenters. The van der Waals surface area contributed by atoms with Gasteiger partial charge in [0.2, 0.25) is 0 Å². The van der Waals surface area contributed by atoms with E-state index >= 15 is 0 Å². The molecular formula is C14H24N4O2. The second kappa shape index (κ2) is 10.1.